The number of amides is 1. The van der Waals surface area contributed by atoms with E-state index in [2.05, 4.69) is 25.5 Å². The van der Waals surface area contributed by atoms with E-state index in [0.29, 0.717) is 31.7 Å². The molecule has 304 valence electrons. The van der Waals surface area contributed by atoms with Gasteiger partial charge in [-0.15, -0.1) is 10.2 Å². The lowest BCUT2D eigenvalue weighted by Crippen LogP contribution is -2.15. The Morgan fingerprint density at radius 3 is 1.61 bits per heavy atom. The Morgan fingerprint density at radius 1 is 0.729 bits per heavy atom. The molecule has 59 heavy (non-hydrogen) atoms. The molecular weight excluding hydrogens is 810 g/mol. The second-order valence-corrected chi connectivity index (χ2v) is 11.7. The normalized spacial score (nSPS) is 10.8. The number of nitrogens with two attached hydrogens (primary N) is 1. The van der Waals surface area contributed by atoms with E-state index >= 15 is 0 Å². The van der Waals surface area contributed by atoms with Gasteiger partial charge in [-0.3, -0.25) is 9.59 Å². The molecule has 3 N–H and O–H groups in total. The molecule has 14 nitrogen and oxygen atoms in total. The SMILES string of the molecule is CCOc1cc(C(F)(F)F)n(-c2ccc(N)cn2)n1.CCOc1cc(C(F)(F)F)n(-c2ccc(NC(=O)c3cccc(C#N)c3)cn2)n1.N#Cc1cccc(C(=O)Cl)c1. The van der Waals surface area contributed by atoms with Gasteiger partial charge in [0.05, 0.1) is 60.2 Å². The number of benzene rings is 2. The minimum absolute atomic E-state index is 0.0208. The zero-order valence-corrected chi connectivity index (χ0v) is 31.3. The zero-order chi connectivity index (χ0) is 43.3. The molecule has 21 heteroatoms. The van der Waals surface area contributed by atoms with E-state index in [0.717, 1.165) is 12.1 Å². The Bertz CT molecular complexity index is 2470. The molecule has 6 aromatic rings. The van der Waals surface area contributed by atoms with E-state index < -0.39 is 34.9 Å². The van der Waals surface area contributed by atoms with Crippen LogP contribution in [-0.4, -0.2) is 53.9 Å². The number of hydrogen-bond acceptors (Lipinski definition) is 11. The maximum absolute atomic E-state index is 13.3. The average Bonchev–Trinajstić information content (AvgIpc) is 3.85. The summed E-state index contributed by atoms with van der Waals surface area (Å²) < 4.78 is 89.8. The van der Waals surface area contributed by atoms with Gasteiger partial charge >= 0.3 is 12.4 Å². The van der Waals surface area contributed by atoms with Crippen molar-refractivity contribution >= 4 is 34.1 Å². The summed E-state index contributed by atoms with van der Waals surface area (Å²) in [6, 6.07) is 23.3. The number of nitrogens with one attached hydrogen (secondary N) is 1. The summed E-state index contributed by atoms with van der Waals surface area (Å²) >= 11 is 5.18. The highest BCUT2D eigenvalue weighted by Gasteiger charge is 2.38. The van der Waals surface area contributed by atoms with E-state index in [-0.39, 0.29) is 47.9 Å². The summed E-state index contributed by atoms with van der Waals surface area (Å²) in [5.41, 5.74) is 5.48. The molecule has 1 amide bonds. The lowest BCUT2D eigenvalue weighted by Gasteiger charge is -2.10. The van der Waals surface area contributed by atoms with Crippen LogP contribution in [0.3, 0.4) is 0 Å². The van der Waals surface area contributed by atoms with E-state index in [1.54, 1.807) is 44.2 Å². The second-order valence-electron chi connectivity index (χ2n) is 11.4. The largest absolute Gasteiger partial charge is 0.477 e. The molecule has 0 fully saturated rings. The molecule has 0 saturated carbocycles. The van der Waals surface area contributed by atoms with Gasteiger partial charge < -0.3 is 20.5 Å². The number of nitrogen functional groups attached to an aromatic ring is 1. The number of hydrogen-bond donors (Lipinski definition) is 2. The lowest BCUT2D eigenvalue weighted by molar-refractivity contribution is -0.143. The summed E-state index contributed by atoms with van der Waals surface area (Å²) in [6.45, 7) is 3.69. The molecule has 0 aliphatic heterocycles. The number of pyridine rings is 2. The van der Waals surface area contributed by atoms with Gasteiger partial charge in [-0.05, 0) is 80.0 Å². The molecule has 2 aromatic carbocycles. The molecule has 0 saturated heterocycles. The number of nitriles is 2. The van der Waals surface area contributed by atoms with E-state index in [9.17, 15) is 35.9 Å². The molecule has 0 aliphatic rings. The van der Waals surface area contributed by atoms with Gasteiger partial charge in [-0.2, -0.15) is 36.9 Å². The van der Waals surface area contributed by atoms with E-state index in [1.807, 2.05) is 12.1 Å². The maximum Gasteiger partial charge on any atom is 0.433 e. The van der Waals surface area contributed by atoms with Crippen molar-refractivity contribution in [2.75, 3.05) is 24.3 Å². The Kier molecular flexibility index (Phi) is 14.7. The second kappa shape index (κ2) is 19.6. The Labute approximate surface area is 336 Å². The van der Waals surface area contributed by atoms with Crippen molar-refractivity contribution in [3.8, 4) is 35.5 Å². The third-order valence-corrected chi connectivity index (χ3v) is 7.44. The third-order valence-electron chi connectivity index (χ3n) is 7.22. The molecule has 0 bridgehead atoms. The van der Waals surface area contributed by atoms with Crippen LogP contribution in [0.15, 0.2) is 97.3 Å². The monoisotopic (exact) mass is 838 g/mol. The van der Waals surface area contributed by atoms with E-state index in [1.165, 1.54) is 54.9 Å². The Balaban J connectivity index is 0.000000219. The molecule has 0 atom stereocenters. The molecule has 0 unspecified atom stereocenters. The highest BCUT2D eigenvalue weighted by molar-refractivity contribution is 6.67. The Morgan fingerprint density at radius 2 is 1.20 bits per heavy atom. The average molecular weight is 839 g/mol. The number of alkyl halides is 6. The number of ether oxygens (including phenoxy) is 2. The number of rotatable bonds is 9. The molecule has 0 aliphatic carbocycles. The van der Waals surface area contributed by atoms with Gasteiger partial charge in [0.15, 0.2) is 23.0 Å². The fourth-order valence-electron chi connectivity index (χ4n) is 4.66. The van der Waals surface area contributed by atoms with Gasteiger partial charge in [0.25, 0.3) is 11.1 Å². The molecular formula is C38H29ClF6N10O4. The van der Waals surface area contributed by atoms with Gasteiger partial charge in [0.2, 0.25) is 11.8 Å². The first-order valence-electron chi connectivity index (χ1n) is 16.8. The van der Waals surface area contributed by atoms with Crippen molar-refractivity contribution in [2.45, 2.75) is 26.2 Å². The van der Waals surface area contributed by atoms with Gasteiger partial charge in [0.1, 0.15) is 0 Å². The predicted octanol–water partition coefficient (Wildman–Crippen LogP) is 8.01. The zero-order valence-electron chi connectivity index (χ0n) is 30.6. The lowest BCUT2D eigenvalue weighted by atomic mass is 10.1. The minimum atomic E-state index is -4.65. The van der Waals surface area contributed by atoms with Crippen molar-refractivity contribution in [1.82, 2.24) is 29.5 Å². The van der Waals surface area contributed by atoms with Crippen molar-refractivity contribution in [3.63, 3.8) is 0 Å². The molecule has 6 rings (SSSR count). The van der Waals surface area contributed by atoms with Crippen LogP contribution in [0.25, 0.3) is 11.6 Å². The van der Waals surface area contributed by atoms with Crippen LogP contribution in [0.5, 0.6) is 11.8 Å². The summed E-state index contributed by atoms with van der Waals surface area (Å²) in [4.78, 5) is 30.6. The fourth-order valence-corrected chi connectivity index (χ4v) is 4.78. The fraction of sp³-hybridized carbons (Fsp3) is 0.158. The first-order valence-corrected chi connectivity index (χ1v) is 17.1. The number of aromatic nitrogens is 6. The van der Waals surface area contributed by atoms with Crippen LogP contribution in [0.4, 0.5) is 37.7 Å². The summed E-state index contributed by atoms with van der Waals surface area (Å²) in [5.74, 6) is -0.824. The topological polar surface area (TPSA) is 200 Å². The molecule has 4 heterocycles. The van der Waals surface area contributed by atoms with Gasteiger partial charge in [0, 0.05) is 23.3 Å². The van der Waals surface area contributed by atoms with Crippen LogP contribution in [0.2, 0.25) is 0 Å². The van der Waals surface area contributed by atoms with Crippen molar-refractivity contribution in [3.05, 3.63) is 131 Å². The first-order chi connectivity index (χ1) is 28.0. The van der Waals surface area contributed by atoms with Crippen molar-refractivity contribution in [1.29, 1.82) is 10.5 Å². The minimum Gasteiger partial charge on any atom is -0.477 e. The first kappa shape index (κ1) is 44.3. The molecule has 4 aromatic heterocycles. The maximum atomic E-state index is 13.3. The Hall–Kier alpha value is -7.45. The van der Waals surface area contributed by atoms with Gasteiger partial charge in [-0.1, -0.05) is 18.2 Å². The van der Waals surface area contributed by atoms with Gasteiger partial charge in [-0.25, -0.2) is 19.3 Å². The molecule has 0 radical (unpaired) electrons. The van der Waals surface area contributed by atoms with Crippen LogP contribution < -0.4 is 20.5 Å². The quantitative estimate of drug-likeness (QED) is 0.106. The highest BCUT2D eigenvalue weighted by Crippen LogP contribution is 2.34. The summed E-state index contributed by atoms with van der Waals surface area (Å²) in [7, 11) is 0. The number of anilines is 2. The summed E-state index contributed by atoms with van der Waals surface area (Å²) in [5, 5.41) is 26.9. The van der Waals surface area contributed by atoms with Crippen LogP contribution in [0.1, 0.15) is 57.1 Å². The summed E-state index contributed by atoms with van der Waals surface area (Å²) in [6.07, 6.45) is -6.73. The predicted molar refractivity (Wildman–Crippen MR) is 200 cm³/mol. The highest BCUT2D eigenvalue weighted by atomic mass is 35.5. The standard InChI is InChI=1S/C19H14F3N5O2.C11H11F3N4O.C8H4ClNO/c1-2-29-17-9-15(19(20,21)22)27(26-17)16-7-6-14(11-24-16)25-18(28)13-5-3-4-12(8-13)10-23;1-2-19-10-5-8(11(12,13)14)18(17-10)9-4-3-7(15)6-16-9;9-8(11)7-3-1-2-6(4-7)5-10/h3-9,11H,2H2,1H3,(H,25,28);3-6H,2,15H2,1H3;1-4H. The van der Waals surface area contributed by atoms with Crippen molar-refractivity contribution < 1.29 is 45.4 Å². The van der Waals surface area contributed by atoms with E-state index in [4.69, 9.17) is 37.3 Å². The smallest absolute Gasteiger partial charge is 0.433 e. The third kappa shape index (κ3) is 12.3. The number of carbonyl (C=O) groups is 2. The number of nitrogens with zero attached hydrogens (tertiary/aromatic N) is 8. The number of halogens is 7. The van der Waals surface area contributed by atoms with Crippen LogP contribution in [-0.2, 0) is 12.4 Å². The number of carbonyl (C=O) groups excluding carboxylic acids is 2. The molecule has 0 spiro atoms. The van der Waals surface area contributed by atoms with Crippen LogP contribution >= 0.6 is 11.6 Å². The van der Waals surface area contributed by atoms with Crippen molar-refractivity contribution in [2.24, 2.45) is 0 Å². The van der Waals surface area contributed by atoms with Crippen LogP contribution in [0, 0.1) is 22.7 Å².